The lowest BCUT2D eigenvalue weighted by molar-refractivity contribution is -0.667. The van der Waals surface area contributed by atoms with Gasteiger partial charge in [0.25, 0.3) is 5.69 Å². The number of fused-ring (bicyclic) bond motifs is 1. The molecule has 3 nitrogen and oxygen atoms in total. The molecular formula is C19H24N3+. The second-order valence-electron chi connectivity index (χ2n) is 6.06. The molecule has 0 amide bonds. The van der Waals surface area contributed by atoms with E-state index in [0.717, 1.165) is 17.8 Å². The van der Waals surface area contributed by atoms with Gasteiger partial charge in [0.05, 0.1) is 11.0 Å². The molecule has 0 unspecified atom stereocenters. The van der Waals surface area contributed by atoms with Crippen LogP contribution in [0.2, 0.25) is 0 Å². The summed E-state index contributed by atoms with van der Waals surface area (Å²) >= 11 is 0. The van der Waals surface area contributed by atoms with Gasteiger partial charge in [0.15, 0.2) is 5.69 Å². The highest BCUT2D eigenvalue weighted by Gasteiger charge is 2.26. The first-order chi connectivity index (χ1) is 10.5. The standard InChI is InChI=1S/C19H24N3/c1-7-15-13(3)12(2)14(4)21(5)18(15)19-20-16-10-8-9-11-17(16)22(19)6/h8-11H,7H2,1-6H3/q+1. The minimum Gasteiger partial charge on any atom is -0.322 e. The molecule has 0 saturated heterocycles. The Morgan fingerprint density at radius 3 is 2.41 bits per heavy atom. The molecule has 3 rings (SSSR count). The fraction of sp³-hybridized carbons (Fsp3) is 0.368. The van der Waals surface area contributed by atoms with Gasteiger partial charge in [-0.2, -0.15) is 4.57 Å². The van der Waals surface area contributed by atoms with Crippen molar-refractivity contribution >= 4 is 11.0 Å². The average molecular weight is 294 g/mol. The van der Waals surface area contributed by atoms with Crippen molar-refractivity contribution in [3.8, 4) is 11.5 Å². The molecule has 0 atom stereocenters. The number of benzene rings is 1. The van der Waals surface area contributed by atoms with Crippen LogP contribution in [0.15, 0.2) is 24.3 Å². The van der Waals surface area contributed by atoms with Gasteiger partial charge in [0.1, 0.15) is 7.05 Å². The van der Waals surface area contributed by atoms with Gasteiger partial charge in [-0.25, -0.2) is 4.98 Å². The third-order valence-electron chi connectivity index (χ3n) is 5.03. The number of aromatic nitrogens is 3. The smallest absolute Gasteiger partial charge is 0.252 e. The summed E-state index contributed by atoms with van der Waals surface area (Å²) in [6.07, 6.45) is 1.01. The number of hydrogen-bond acceptors (Lipinski definition) is 1. The molecule has 0 radical (unpaired) electrons. The average Bonchev–Trinajstić information content (AvgIpc) is 2.86. The Kier molecular flexibility index (Phi) is 3.51. The third kappa shape index (κ3) is 1.96. The largest absolute Gasteiger partial charge is 0.322 e. The normalized spacial score (nSPS) is 11.4. The quantitative estimate of drug-likeness (QED) is 0.662. The topological polar surface area (TPSA) is 21.7 Å². The van der Waals surface area contributed by atoms with Crippen molar-refractivity contribution in [2.24, 2.45) is 14.1 Å². The molecule has 0 spiro atoms. The molecule has 0 saturated carbocycles. The number of hydrogen-bond donors (Lipinski definition) is 0. The molecule has 0 N–H and O–H groups in total. The second-order valence-corrected chi connectivity index (χ2v) is 6.06. The van der Waals surface area contributed by atoms with Crippen LogP contribution in [0.5, 0.6) is 0 Å². The van der Waals surface area contributed by atoms with Crippen molar-refractivity contribution in [3.63, 3.8) is 0 Å². The maximum Gasteiger partial charge on any atom is 0.252 e. The third-order valence-corrected chi connectivity index (χ3v) is 5.03. The predicted molar refractivity (Wildman–Crippen MR) is 90.9 cm³/mol. The van der Waals surface area contributed by atoms with Crippen LogP contribution in [-0.4, -0.2) is 9.55 Å². The Bertz CT molecular complexity index is 872. The first kappa shape index (κ1) is 14.8. The van der Waals surface area contributed by atoms with Crippen LogP contribution in [0, 0.1) is 20.8 Å². The maximum absolute atomic E-state index is 4.91. The van der Waals surface area contributed by atoms with Crippen LogP contribution in [0.4, 0.5) is 0 Å². The zero-order chi connectivity index (χ0) is 16.0. The van der Waals surface area contributed by atoms with Gasteiger partial charge in [-0.15, -0.1) is 0 Å². The molecule has 0 bridgehead atoms. The first-order valence-corrected chi connectivity index (χ1v) is 7.87. The Morgan fingerprint density at radius 1 is 1.09 bits per heavy atom. The minimum absolute atomic E-state index is 1.01. The Hall–Kier alpha value is -2.16. The highest BCUT2D eigenvalue weighted by Crippen LogP contribution is 2.28. The fourth-order valence-electron chi connectivity index (χ4n) is 3.37. The van der Waals surface area contributed by atoms with E-state index in [9.17, 15) is 0 Å². The van der Waals surface area contributed by atoms with E-state index in [1.54, 1.807) is 0 Å². The van der Waals surface area contributed by atoms with Gasteiger partial charge in [-0.05, 0) is 38.0 Å². The van der Waals surface area contributed by atoms with Crippen LogP contribution >= 0.6 is 0 Å². The summed E-state index contributed by atoms with van der Waals surface area (Å²) in [7, 11) is 4.25. The first-order valence-electron chi connectivity index (χ1n) is 7.87. The molecule has 3 aromatic rings. The van der Waals surface area contributed by atoms with E-state index in [2.05, 4.69) is 69.1 Å². The summed E-state index contributed by atoms with van der Waals surface area (Å²) in [5.41, 5.74) is 8.93. The van der Waals surface area contributed by atoms with Crippen molar-refractivity contribution in [3.05, 3.63) is 46.6 Å². The Labute approximate surface area is 132 Å². The number of pyridine rings is 1. The van der Waals surface area contributed by atoms with E-state index in [1.165, 1.54) is 33.6 Å². The highest BCUT2D eigenvalue weighted by atomic mass is 15.1. The van der Waals surface area contributed by atoms with Crippen molar-refractivity contribution in [2.75, 3.05) is 0 Å². The Balaban J connectivity index is 2.42. The number of rotatable bonds is 2. The molecule has 1 aromatic carbocycles. The minimum atomic E-state index is 1.01. The van der Waals surface area contributed by atoms with Crippen LogP contribution < -0.4 is 4.57 Å². The van der Waals surface area contributed by atoms with E-state index in [4.69, 9.17) is 4.98 Å². The molecule has 0 aliphatic rings. The van der Waals surface area contributed by atoms with Crippen molar-refractivity contribution in [1.29, 1.82) is 0 Å². The van der Waals surface area contributed by atoms with E-state index < -0.39 is 0 Å². The molecular weight excluding hydrogens is 270 g/mol. The second kappa shape index (κ2) is 5.24. The number of imidazole rings is 1. The lowest BCUT2D eigenvalue weighted by Gasteiger charge is -2.14. The van der Waals surface area contributed by atoms with Crippen LogP contribution in [0.25, 0.3) is 22.6 Å². The molecule has 2 aromatic heterocycles. The van der Waals surface area contributed by atoms with E-state index in [1.807, 2.05) is 6.07 Å². The molecule has 22 heavy (non-hydrogen) atoms. The van der Waals surface area contributed by atoms with Gasteiger partial charge in [-0.3, -0.25) is 0 Å². The van der Waals surface area contributed by atoms with Crippen LogP contribution in [0.3, 0.4) is 0 Å². The summed E-state index contributed by atoms with van der Waals surface area (Å²) in [6, 6.07) is 8.33. The summed E-state index contributed by atoms with van der Waals surface area (Å²) < 4.78 is 4.50. The highest BCUT2D eigenvalue weighted by molar-refractivity contribution is 5.80. The van der Waals surface area contributed by atoms with Gasteiger partial charge < -0.3 is 4.57 Å². The maximum atomic E-state index is 4.91. The molecule has 3 heteroatoms. The van der Waals surface area contributed by atoms with Crippen LogP contribution in [0.1, 0.15) is 29.3 Å². The zero-order valence-electron chi connectivity index (χ0n) is 14.4. The molecule has 0 fully saturated rings. The number of para-hydroxylation sites is 2. The predicted octanol–water partition coefficient (Wildman–Crippen LogP) is 3.55. The van der Waals surface area contributed by atoms with Crippen LogP contribution in [-0.2, 0) is 20.5 Å². The molecule has 2 heterocycles. The summed E-state index contributed by atoms with van der Waals surface area (Å²) in [4.78, 5) is 4.91. The number of aryl methyl sites for hydroxylation is 1. The van der Waals surface area contributed by atoms with E-state index in [0.29, 0.717) is 0 Å². The summed E-state index contributed by atoms with van der Waals surface area (Å²) in [6.45, 7) is 8.85. The zero-order valence-corrected chi connectivity index (χ0v) is 14.4. The Morgan fingerprint density at radius 2 is 1.77 bits per heavy atom. The summed E-state index contributed by atoms with van der Waals surface area (Å²) in [5.74, 6) is 1.05. The van der Waals surface area contributed by atoms with Gasteiger partial charge in [-0.1, -0.05) is 19.1 Å². The van der Waals surface area contributed by atoms with Gasteiger partial charge >= 0.3 is 0 Å². The van der Waals surface area contributed by atoms with Gasteiger partial charge in [0.2, 0.25) is 5.82 Å². The van der Waals surface area contributed by atoms with E-state index in [-0.39, 0.29) is 0 Å². The number of nitrogens with zero attached hydrogens (tertiary/aromatic N) is 3. The monoisotopic (exact) mass is 294 g/mol. The van der Waals surface area contributed by atoms with Gasteiger partial charge in [0, 0.05) is 25.1 Å². The fourth-order valence-corrected chi connectivity index (χ4v) is 3.37. The molecule has 0 aliphatic heterocycles. The summed E-state index contributed by atoms with van der Waals surface area (Å²) in [5, 5.41) is 0. The van der Waals surface area contributed by atoms with Crippen molar-refractivity contribution in [2.45, 2.75) is 34.1 Å². The van der Waals surface area contributed by atoms with Crippen molar-refractivity contribution < 1.29 is 4.57 Å². The van der Waals surface area contributed by atoms with Crippen molar-refractivity contribution in [1.82, 2.24) is 9.55 Å². The lowest BCUT2D eigenvalue weighted by atomic mass is 9.97. The SMILES string of the molecule is CCc1c(C)c(C)c(C)[n+](C)c1-c1nc2ccccc2n1C. The molecule has 114 valence electrons. The van der Waals surface area contributed by atoms with E-state index >= 15 is 0 Å². The lowest BCUT2D eigenvalue weighted by Crippen LogP contribution is -2.38. The molecule has 0 aliphatic carbocycles.